The molecule has 0 aliphatic heterocycles. The van der Waals surface area contributed by atoms with Crippen molar-refractivity contribution in [1.82, 2.24) is 9.97 Å². The van der Waals surface area contributed by atoms with Gasteiger partial charge in [-0.05, 0) is 35.2 Å². The van der Waals surface area contributed by atoms with Crippen molar-refractivity contribution in [2.75, 3.05) is 0 Å². The zero-order valence-corrected chi connectivity index (χ0v) is 9.18. The van der Waals surface area contributed by atoms with Crippen LogP contribution in [0.1, 0.15) is 30.8 Å². The maximum atomic E-state index is 11.4. The van der Waals surface area contributed by atoms with Gasteiger partial charge in [0.1, 0.15) is 10.3 Å². The molecule has 3 nitrogen and oxygen atoms in total. The second kappa shape index (κ2) is 2.94. The number of aromatic nitrogens is 2. The average Bonchev–Trinajstić information content (AvgIpc) is 2.77. The quantitative estimate of drug-likeness (QED) is 0.819. The van der Waals surface area contributed by atoms with Crippen LogP contribution in [0, 0.1) is 12.8 Å². The lowest BCUT2D eigenvalue weighted by molar-refractivity contribution is 0.819. The first-order chi connectivity index (χ1) is 6.09. The highest BCUT2D eigenvalue weighted by atomic mass is 79.9. The molecule has 1 aliphatic carbocycles. The topological polar surface area (TPSA) is 45.8 Å². The van der Waals surface area contributed by atoms with Crippen molar-refractivity contribution in [2.45, 2.75) is 26.2 Å². The van der Waals surface area contributed by atoms with Crippen molar-refractivity contribution in [3.8, 4) is 0 Å². The van der Waals surface area contributed by atoms with Gasteiger partial charge in [-0.1, -0.05) is 6.92 Å². The van der Waals surface area contributed by atoms with Crippen molar-refractivity contribution in [2.24, 2.45) is 5.92 Å². The van der Waals surface area contributed by atoms with Gasteiger partial charge in [-0.15, -0.1) is 0 Å². The van der Waals surface area contributed by atoms with E-state index >= 15 is 0 Å². The van der Waals surface area contributed by atoms with Crippen LogP contribution in [-0.4, -0.2) is 9.97 Å². The Morgan fingerprint density at radius 1 is 1.62 bits per heavy atom. The molecule has 0 saturated heterocycles. The van der Waals surface area contributed by atoms with E-state index in [4.69, 9.17) is 0 Å². The van der Waals surface area contributed by atoms with Crippen LogP contribution >= 0.6 is 15.9 Å². The van der Waals surface area contributed by atoms with E-state index in [1.165, 1.54) is 0 Å². The van der Waals surface area contributed by atoms with Crippen LogP contribution in [-0.2, 0) is 0 Å². The van der Waals surface area contributed by atoms with Crippen molar-refractivity contribution < 1.29 is 0 Å². The van der Waals surface area contributed by atoms with E-state index < -0.39 is 0 Å². The molecule has 0 bridgehead atoms. The van der Waals surface area contributed by atoms with Gasteiger partial charge in [0.25, 0.3) is 5.56 Å². The van der Waals surface area contributed by atoms with E-state index in [1.54, 1.807) is 0 Å². The van der Waals surface area contributed by atoms with Gasteiger partial charge in [0.15, 0.2) is 0 Å². The molecule has 2 rings (SSSR count). The van der Waals surface area contributed by atoms with E-state index in [0.29, 0.717) is 16.3 Å². The summed E-state index contributed by atoms with van der Waals surface area (Å²) in [6, 6.07) is 0. The van der Waals surface area contributed by atoms with E-state index in [2.05, 4.69) is 32.8 Å². The lowest BCUT2D eigenvalue weighted by Gasteiger charge is -2.01. The molecule has 1 heterocycles. The third-order valence-corrected chi connectivity index (χ3v) is 3.44. The first-order valence-electron chi connectivity index (χ1n) is 4.36. The molecule has 1 N–H and O–H groups in total. The van der Waals surface area contributed by atoms with Gasteiger partial charge in [0, 0.05) is 5.92 Å². The Morgan fingerprint density at radius 2 is 2.23 bits per heavy atom. The molecule has 2 unspecified atom stereocenters. The first-order valence-corrected chi connectivity index (χ1v) is 5.15. The smallest absolute Gasteiger partial charge is 0.265 e. The Kier molecular flexibility index (Phi) is 2.02. The first kappa shape index (κ1) is 8.94. The van der Waals surface area contributed by atoms with Gasteiger partial charge >= 0.3 is 0 Å². The molecule has 1 aromatic rings. The third kappa shape index (κ3) is 1.55. The van der Waals surface area contributed by atoms with Crippen LogP contribution < -0.4 is 5.56 Å². The molecule has 0 aromatic carbocycles. The number of hydrogen-bond acceptors (Lipinski definition) is 2. The minimum Gasteiger partial charge on any atom is -0.309 e. The summed E-state index contributed by atoms with van der Waals surface area (Å²) in [6.45, 7) is 4.01. The van der Waals surface area contributed by atoms with Crippen molar-refractivity contribution in [1.29, 1.82) is 0 Å². The average molecular weight is 243 g/mol. The Balaban J connectivity index is 2.45. The fourth-order valence-corrected chi connectivity index (χ4v) is 1.66. The Morgan fingerprint density at radius 3 is 2.69 bits per heavy atom. The largest absolute Gasteiger partial charge is 0.309 e. The minimum absolute atomic E-state index is 0.0680. The highest BCUT2D eigenvalue weighted by Gasteiger charge is 2.36. The van der Waals surface area contributed by atoms with Crippen LogP contribution in [0.3, 0.4) is 0 Å². The normalized spacial score (nSPS) is 26.1. The zero-order valence-electron chi connectivity index (χ0n) is 7.60. The summed E-state index contributed by atoms with van der Waals surface area (Å²) < 4.78 is 0.546. The molecule has 0 radical (unpaired) electrons. The standard InChI is InChI=1S/C9H11BrN2O/c1-4-3-6(4)8-11-5(2)7(10)9(13)12-8/h4,6H,3H2,1-2H3,(H,11,12,13). The summed E-state index contributed by atoms with van der Waals surface area (Å²) in [7, 11) is 0. The molecular formula is C9H11BrN2O. The molecule has 1 aromatic heterocycles. The lowest BCUT2D eigenvalue weighted by Crippen LogP contribution is -2.13. The Labute approximate surface area is 84.7 Å². The van der Waals surface area contributed by atoms with E-state index in [9.17, 15) is 4.79 Å². The SMILES string of the molecule is Cc1nc(C2CC2C)[nH]c(=O)c1Br. The van der Waals surface area contributed by atoms with Gasteiger partial charge in [-0.25, -0.2) is 4.98 Å². The zero-order chi connectivity index (χ0) is 9.59. The molecule has 1 fully saturated rings. The van der Waals surface area contributed by atoms with Gasteiger partial charge < -0.3 is 4.98 Å². The summed E-state index contributed by atoms with van der Waals surface area (Å²) in [5.41, 5.74) is 0.708. The van der Waals surface area contributed by atoms with Crippen molar-refractivity contribution >= 4 is 15.9 Å². The predicted molar refractivity (Wildman–Crippen MR) is 53.8 cm³/mol. The Bertz CT molecular complexity index is 399. The van der Waals surface area contributed by atoms with Gasteiger partial charge in [-0.2, -0.15) is 0 Å². The third-order valence-electron chi connectivity index (χ3n) is 2.51. The Hall–Kier alpha value is -0.640. The van der Waals surface area contributed by atoms with Gasteiger partial charge in [0.05, 0.1) is 5.69 Å². The predicted octanol–water partition coefficient (Wildman–Crippen LogP) is 1.96. The maximum Gasteiger partial charge on any atom is 0.265 e. The van der Waals surface area contributed by atoms with Crippen LogP contribution in [0.5, 0.6) is 0 Å². The lowest BCUT2D eigenvalue weighted by atomic mass is 10.3. The van der Waals surface area contributed by atoms with Crippen molar-refractivity contribution in [3.63, 3.8) is 0 Å². The van der Waals surface area contributed by atoms with Crippen LogP contribution in [0.25, 0.3) is 0 Å². The van der Waals surface area contributed by atoms with Crippen LogP contribution in [0.15, 0.2) is 9.27 Å². The molecule has 4 heteroatoms. The fraction of sp³-hybridized carbons (Fsp3) is 0.556. The van der Waals surface area contributed by atoms with Crippen molar-refractivity contribution in [3.05, 3.63) is 26.3 Å². The molecule has 0 spiro atoms. The number of nitrogens with one attached hydrogen (secondary N) is 1. The molecule has 13 heavy (non-hydrogen) atoms. The second-order valence-corrected chi connectivity index (χ2v) is 4.46. The maximum absolute atomic E-state index is 11.4. The van der Waals surface area contributed by atoms with E-state index in [-0.39, 0.29) is 5.56 Å². The van der Waals surface area contributed by atoms with E-state index in [0.717, 1.165) is 17.9 Å². The molecule has 1 aliphatic rings. The molecule has 0 amide bonds. The van der Waals surface area contributed by atoms with E-state index in [1.807, 2.05) is 6.92 Å². The number of nitrogens with zero attached hydrogens (tertiary/aromatic N) is 1. The number of aryl methyl sites for hydroxylation is 1. The number of aromatic amines is 1. The molecule has 2 atom stereocenters. The summed E-state index contributed by atoms with van der Waals surface area (Å²) >= 11 is 3.19. The summed E-state index contributed by atoms with van der Waals surface area (Å²) in [5, 5.41) is 0. The number of H-pyrrole nitrogens is 1. The molecular weight excluding hydrogens is 232 g/mol. The highest BCUT2D eigenvalue weighted by molar-refractivity contribution is 9.10. The number of rotatable bonds is 1. The van der Waals surface area contributed by atoms with Crippen LogP contribution in [0.4, 0.5) is 0 Å². The van der Waals surface area contributed by atoms with Crippen LogP contribution in [0.2, 0.25) is 0 Å². The number of hydrogen-bond donors (Lipinski definition) is 1. The molecule has 70 valence electrons. The highest BCUT2D eigenvalue weighted by Crippen LogP contribution is 2.45. The number of halogens is 1. The monoisotopic (exact) mass is 242 g/mol. The summed E-state index contributed by atoms with van der Waals surface area (Å²) in [5.74, 6) is 1.99. The molecule has 1 saturated carbocycles. The summed E-state index contributed by atoms with van der Waals surface area (Å²) in [6.07, 6.45) is 1.14. The minimum atomic E-state index is -0.0680. The fourth-order valence-electron chi connectivity index (χ4n) is 1.47. The van der Waals surface area contributed by atoms with Gasteiger partial charge in [-0.3, -0.25) is 4.79 Å². The second-order valence-electron chi connectivity index (χ2n) is 3.67. The summed E-state index contributed by atoms with van der Waals surface area (Å²) in [4.78, 5) is 18.5. The van der Waals surface area contributed by atoms with Gasteiger partial charge in [0.2, 0.25) is 0 Å².